The number of esters is 1. The zero-order valence-electron chi connectivity index (χ0n) is 18.7. The number of carbonyl (C=O) groups is 3. The molecule has 32 heavy (non-hydrogen) atoms. The number of hydrogen-bond acceptors (Lipinski definition) is 7. The Balaban J connectivity index is 1.80. The number of nitrogens with zero attached hydrogens (tertiary/aromatic N) is 1. The average Bonchev–Trinajstić information content (AvgIpc) is 3.29. The fourth-order valence-electron chi connectivity index (χ4n) is 3.01. The van der Waals surface area contributed by atoms with Gasteiger partial charge in [-0.1, -0.05) is 6.07 Å². The molecule has 0 spiro atoms. The van der Waals surface area contributed by atoms with Gasteiger partial charge < -0.3 is 23.9 Å². The van der Waals surface area contributed by atoms with Crippen LogP contribution >= 0.6 is 0 Å². The highest BCUT2D eigenvalue weighted by Gasteiger charge is 2.34. The van der Waals surface area contributed by atoms with Crippen molar-refractivity contribution < 1.29 is 33.0 Å². The second kappa shape index (κ2) is 9.17. The Morgan fingerprint density at radius 1 is 1.16 bits per heavy atom. The molecule has 0 unspecified atom stereocenters. The summed E-state index contributed by atoms with van der Waals surface area (Å²) in [7, 11) is 1.23. The van der Waals surface area contributed by atoms with Crippen molar-refractivity contribution in [2.24, 2.45) is 0 Å². The van der Waals surface area contributed by atoms with Crippen LogP contribution in [0, 0.1) is 0 Å². The lowest BCUT2D eigenvalue weighted by atomic mass is 10.1. The van der Waals surface area contributed by atoms with Crippen LogP contribution in [0.15, 0.2) is 40.4 Å². The molecule has 1 aromatic heterocycles. The SMILES string of the molecule is CCOc1cc(/C=C2\NC(=O)N(Cc3ccc(C(=O)OC)o3)C2=O)ccc1OC(C)(C)C. The quantitative estimate of drug-likeness (QED) is 0.395. The summed E-state index contributed by atoms with van der Waals surface area (Å²) in [5, 5.41) is 2.56. The molecular formula is C23H26N2O7. The zero-order valence-corrected chi connectivity index (χ0v) is 18.7. The molecule has 0 saturated carbocycles. The van der Waals surface area contributed by atoms with E-state index >= 15 is 0 Å². The lowest BCUT2D eigenvalue weighted by Crippen LogP contribution is -2.30. The van der Waals surface area contributed by atoms with Gasteiger partial charge in [0, 0.05) is 0 Å². The van der Waals surface area contributed by atoms with Crippen molar-refractivity contribution in [2.75, 3.05) is 13.7 Å². The number of urea groups is 1. The first kappa shape index (κ1) is 22.9. The molecule has 1 saturated heterocycles. The van der Waals surface area contributed by atoms with E-state index in [9.17, 15) is 14.4 Å². The first-order chi connectivity index (χ1) is 15.1. The number of carbonyl (C=O) groups excluding carboxylic acids is 3. The van der Waals surface area contributed by atoms with Gasteiger partial charge in [0.05, 0.1) is 20.3 Å². The van der Waals surface area contributed by atoms with E-state index in [0.29, 0.717) is 23.7 Å². The van der Waals surface area contributed by atoms with Crippen molar-refractivity contribution in [3.8, 4) is 11.5 Å². The van der Waals surface area contributed by atoms with E-state index in [2.05, 4.69) is 10.1 Å². The van der Waals surface area contributed by atoms with Crippen molar-refractivity contribution >= 4 is 24.0 Å². The molecule has 0 atom stereocenters. The van der Waals surface area contributed by atoms with Crippen molar-refractivity contribution in [2.45, 2.75) is 39.8 Å². The summed E-state index contributed by atoms with van der Waals surface area (Å²) in [6, 6.07) is 7.63. The normalized spacial score (nSPS) is 15.2. The van der Waals surface area contributed by atoms with Gasteiger partial charge in [0.1, 0.15) is 17.1 Å². The molecule has 1 N–H and O–H groups in total. The van der Waals surface area contributed by atoms with E-state index in [0.717, 1.165) is 4.90 Å². The van der Waals surface area contributed by atoms with Gasteiger partial charge in [-0.15, -0.1) is 0 Å². The van der Waals surface area contributed by atoms with Crippen molar-refractivity contribution in [1.82, 2.24) is 10.2 Å². The molecule has 2 aromatic rings. The molecule has 3 rings (SSSR count). The Morgan fingerprint density at radius 3 is 2.56 bits per heavy atom. The molecule has 0 radical (unpaired) electrons. The van der Waals surface area contributed by atoms with Crippen LogP contribution in [0.25, 0.3) is 6.08 Å². The van der Waals surface area contributed by atoms with Gasteiger partial charge in [-0.05, 0) is 63.6 Å². The summed E-state index contributed by atoms with van der Waals surface area (Å²) in [6.07, 6.45) is 1.56. The van der Waals surface area contributed by atoms with Gasteiger partial charge in [0.2, 0.25) is 5.76 Å². The number of ether oxygens (including phenoxy) is 3. The molecule has 3 amide bonds. The number of imide groups is 1. The zero-order chi connectivity index (χ0) is 23.5. The van der Waals surface area contributed by atoms with E-state index in [1.807, 2.05) is 27.7 Å². The van der Waals surface area contributed by atoms with Crippen molar-refractivity contribution in [1.29, 1.82) is 0 Å². The van der Waals surface area contributed by atoms with Crippen LogP contribution < -0.4 is 14.8 Å². The smallest absolute Gasteiger partial charge is 0.373 e. The summed E-state index contributed by atoms with van der Waals surface area (Å²) in [4.78, 5) is 37.6. The fourth-order valence-corrected chi connectivity index (χ4v) is 3.01. The molecule has 170 valence electrons. The number of amides is 3. The summed E-state index contributed by atoms with van der Waals surface area (Å²) in [5.41, 5.74) is 0.370. The highest BCUT2D eigenvalue weighted by Crippen LogP contribution is 2.32. The summed E-state index contributed by atoms with van der Waals surface area (Å²) >= 11 is 0. The predicted molar refractivity (Wildman–Crippen MR) is 115 cm³/mol. The van der Waals surface area contributed by atoms with Crippen LogP contribution in [0.2, 0.25) is 0 Å². The fraction of sp³-hybridized carbons (Fsp3) is 0.348. The molecular weight excluding hydrogens is 416 g/mol. The molecule has 1 aliphatic rings. The Hall–Kier alpha value is -3.75. The third-order valence-electron chi connectivity index (χ3n) is 4.32. The minimum absolute atomic E-state index is 0.00802. The number of nitrogens with one attached hydrogen (secondary N) is 1. The third-order valence-corrected chi connectivity index (χ3v) is 4.32. The molecule has 9 nitrogen and oxygen atoms in total. The molecule has 1 fully saturated rings. The standard InChI is InChI=1S/C23H26N2O7/c1-6-30-19-12-14(7-9-17(19)32-23(2,3)4)11-16-20(26)25(22(28)24-16)13-15-8-10-18(31-15)21(27)29-5/h7-12H,6,13H2,1-5H3,(H,24,28)/b16-11-. The van der Waals surface area contributed by atoms with E-state index < -0.39 is 23.5 Å². The minimum Gasteiger partial charge on any atom is -0.490 e. The van der Waals surface area contributed by atoms with Gasteiger partial charge in [-0.25, -0.2) is 9.59 Å². The number of rotatable bonds is 7. The molecule has 9 heteroatoms. The number of furan rings is 1. The number of benzene rings is 1. The average molecular weight is 442 g/mol. The summed E-state index contributed by atoms with van der Waals surface area (Å²) in [5.74, 6) is 0.237. The van der Waals surface area contributed by atoms with Crippen LogP contribution in [0.4, 0.5) is 4.79 Å². The maximum absolute atomic E-state index is 12.8. The molecule has 0 aliphatic carbocycles. The topological polar surface area (TPSA) is 107 Å². The van der Waals surface area contributed by atoms with E-state index in [4.69, 9.17) is 13.9 Å². The van der Waals surface area contributed by atoms with Gasteiger partial charge in [0.15, 0.2) is 11.5 Å². The summed E-state index contributed by atoms with van der Waals surface area (Å²) in [6.45, 7) is 8.00. The van der Waals surface area contributed by atoms with Crippen LogP contribution in [0.5, 0.6) is 11.5 Å². The first-order valence-corrected chi connectivity index (χ1v) is 10.1. The number of methoxy groups -OCH3 is 1. The Kier molecular flexibility index (Phi) is 6.57. The van der Waals surface area contributed by atoms with Crippen molar-refractivity contribution in [3.63, 3.8) is 0 Å². The number of hydrogen-bond donors (Lipinski definition) is 1. The largest absolute Gasteiger partial charge is 0.490 e. The second-order valence-electron chi connectivity index (χ2n) is 7.99. The van der Waals surface area contributed by atoms with E-state index in [1.165, 1.54) is 19.2 Å². The van der Waals surface area contributed by atoms with Gasteiger partial charge in [-0.3, -0.25) is 9.69 Å². The highest BCUT2D eigenvalue weighted by molar-refractivity contribution is 6.13. The van der Waals surface area contributed by atoms with Crippen LogP contribution in [0.3, 0.4) is 0 Å². The highest BCUT2D eigenvalue weighted by atomic mass is 16.5. The van der Waals surface area contributed by atoms with Crippen LogP contribution in [-0.4, -0.2) is 42.1 Å². The monoisotopic (exact) mass is 442 g/mol. The van der Waals surface area contributed by atoms with Gasteiger partial charge in [0.25, 0.3) is 5.91 Å². The Bertz CT molecular complexity index is 1060. The predicted octanol–water partition coefficient (Wildman–Crippen LogP) is 3.74. The Morgan fingerprint density at radius 2 is 1.91 bits per heavy atom. The summed E-state index contributed by atoms with van der Waals surface area (Å²) < 4.78 is 21.5. The van der Waals surface area contributed by atoms with Crippen LogP contribution in [0.1, 0.15) is 49.6 Å². The van der Waals surface area contributed by atoms with Gasteiger partial charge in [-0.2, -0.15) is 0 Å². The van der Waals surface area contributed by atoms with Gasteiger partial charge >= 0.3 is 12.0 Å². The molecule has 0 bridgehead atoms. The minimum atomic E-state index is -0.641. The second-order valence-corrected chi connectivity index (χ2v) is 7.99. The lowest BCUT2D eigenvalue weighted by molar-refractivity contribution is -0.123. The third kappa shape index (κ3) is 5.29. The molecule has 1 aromatic carbocycles. The molecule has 2 heterocycles. The maximum Gasteiger partial charge on any atom is 0.373 e. The van der Waals surface area contributed by atoms with E-state index in [-0.39, 0.29) is 23.8 Å². The lowest BCUT2D eigenvalue weighted by Gasteiger charge is -2.23. The maximum atomic E-state index is 12.8. The molecule has 1 aliphatic heterocycles. The van der Waals surface area contributed by atoms with Crippen molar-refractivity contribution in [3.05, 3.63) is 53.1 Å². The Labute approximate surface area is 185 Å². The van der Waals surface area contributed by atoms with E-state index in [1.54, 1.807) is 24.3 Å². The van der Waals surface area contributed by atoms with Crippen LogP contribution in [-0.2, 0) is 16.1 Å². The first-order valence-electron chi connectivity index (χ1n) is 10.1.